The van der Waals surface area contributed by atoms with Crippen molar-refractivity contribution in [1.29, 1.82) is 0 Å². The summed E-state index contributed by atoms with van der Waals surface area (Å²) in [5.41, 5.74) is 17.8. The van der Waals surface area contributed by atoms with Crippen molar-refractivity contribution in [2.24, 2.45) is 5.73 Å². The molecule has 2 nitrogen and oxygen atoms in total. The molecule has 0 unspecified atom stereocenters. The van der Waals surface area contributed by atoms with E-state index in [2.05, 4.69) is 63.9 Å². The van der Waals surface area contributed by atoms with E-state index in [0.29, 0.717) is 0 Å². The second kappa shape index (κ2) is 7.05. The van der Waals surface area contributed by atoms with Gasteiger partial charge in [0, 0.05) is 16.5 Å². The number of rotatable bonds is 5. The molecule has 0 aliphatic carbocycles. The summed E-state index contributed by atoms with van der Waals surface area (Å²) in [5, 5.41) is 1.41. The van der Waals surface area contributed by atoms with Crippen LogP contribution < -0.4 is 5.73 Å². The highest BCUT2D eigenvalue weighted by Gasteiger charge is 2.18. The first-order chi connectivity index (χ1) is 11.9. The maximum absolute atomic E-state index is 5.74. The lowest BCUT2D eigenvalue weighted by molar-refractivity contribution is 0.748. The van der Waals surface area contributed by atoms with Crippen LogP contribution in [0.5, 0.6) is 0 Å². The van der Waals surface area contributed by atoms with E-state index in [-0.39, 0.29) is 0 Å². The Morgan fingerprint density at radius 3 is 2.12 bits per heavy atom. The highest BCUT2D eigenvalue weighted by Crippen LogP contribution is 2.38. The Balaban J connectivity index is 2.29. The number of aromatic amines is 1. The topological polar surface area (TPSA) is 41.8 Å². The smallest absolute Gasteiger partial charge is 0.0502 e. The van der Waals surface area contributed by atoms with Gasteiger partial charge in [0.25, 0.3) is 0 Å². The van der Waals surface area contributed by atoms with E-state index in [4.69, 9.17) is 5.73 Å². The molecular weight excluding hydrogens is 304 g/mol. The molecule has 3 rings (SSSR count). The molecule has 0 bridgehead atoms. The maximum atomic E-state index is 5.74. The summed E-state index contributed by atoms with van der Waals surface area (Å²) in [7, 11) is 0. The van der Waals surface area contributed by atoms with Gasteiger partial charge in [-0.15, -0.1) is 0 Å². The predicted octanol–water partition coefficient (Wildman–Crippen LogP) is 5.66. The first-order valence-corrected chi connectivity index (χ1v) is 9.33. The van der Waals surface area contributed by atoms with Gasteiger partial charge in [0.2, 0.25) is 0 Å². The van der Waals surface area contributed by atoms with E-state index < -0.39 is 0 Å². The lowest BCUT2D eigenvalue weighted by Crippen LogP contribution is -2.00. The number of aryl methyl sites for hydroxylation is 6. The normalized spacial score (nSPS) is 11.4. The van der Waals surface area contributed by atoms with Crippen LogP contribution in [0.25, 0.3) is 22.2 Å². The first kappa shape index (κ1) is 17.8. The second-order valence-corrected chi connectivity index (χ2v) is 7.45. The number of nitrogens with two attached hydrogens (primary N) is 1. The fraction of sp³-hybridized carbons (Fsp3) is 0.391. The minimum absolute atomic E-state index is 0.762. The zero-order chi connectivity index (χ0) is 18.1. The quantitative estimate of drug-likeness (QED) is 0.581. The number of hydrogen-bond acceptors (Lipinski definition) is 1. The van der Waals surface area contributed by atoms with Gasteiger partial charge >= 0.3 is 0 Å². The Labute approximate surface area is 151 Å². The minimum atomic E-state index is 0.762. The number of fused-ring (bicyclic) bond motifs is 1. The summed E-state index contributed by atoms with van der Waals surface area (Å²) < 4.78 is 0. The van der Waals surface area contributed by atoms with Crippen LogP contribution in [0.1, 0.15) is 46.2 Å². The Bertz CT molecular complexity index is 892. The van der Waals surface area contributed by atoms with Crippen molar-refractivity contribution in [1.82, 2.24) is 4.98 Å². The van der Waals surface area contributed by atoms with Crippen LogP contribution in [0, 0.1) is 34.6 Å². The third-order valence-electron chi connectivity index (χ3n) is 5.28. The van der Waals surface area contributed by atoms with Gasteiger partial charge in [-0.2, -0.15) is 0 Å². The van der Waals surface area contributed by atoms with E-state index in [9.17, 15) is 0 Å². The Morgan fingerprint density at radius 1 is 0.840 bits per heavy atom. The number of aromatic nitrogens is 1. The van der Waals surface area contributed by atoms with E-state index in [0.717, 1.165) is 25.8 Å². The van der Waals surface area contributed by atoms with Crippen molar-refractivity contribution in [3.8, 4) is 11.3 Å². The highest BCUT2D eigenvalue weighted by molar-refractivity contribution is 5.95. The average Bonchev–Trinajstić information content (AvgIpc) is 2.91. The van der Waals surface area contributed by atoms with Crippen LogP contribution >= 0.6 is 0 Å². The molecule has 0 atom stereocenters. The van der Waals surface area contributed by atoms with Gasteiger partial charge in [-0.25, -0.2) is 0 Å². The van der Waals surface area contributed by atoms with Gasteiger partial charge in [-0.1, -0.05) is 29.8 Å². The third-order valence-corrected chi connectivity index (χ3v) is 5.28. The standard InChI is InChI=1S/C23H30N2/c1-14-12-17(4)20(18(5)13-14)23-19(8-6-7-11-24)21-15(2)9-10-16(3)22(21)25-23/h9-10,12-13,25H,6-8,11,24H2,1-5H3. The molecule has 1 heterocycles. The molecule has 0 radical (unpaired) electrons. The molecular formula is C23H30N2. The first-order valence-electron chi connectivity index (χ1n) is 9.33. The van der Waals surface area contributed by atoms with Gasteiger partial charge in [0.1, 0.15) is 0 Å². The highest BCUT2D eigenvalue weighted by atomic mass is 14.7. The zero-order valence-corrected chi connectivity index (χ0v) is 16.2. The van der Waals surface area contributed by atoms with Crippen molar-refractivity contribution >= 4 is 10.9 Å². The fourth-order valence-corrected chi connectivity index (χ4v) is 4.17. The monoisotopic (exact) mass is 334 g/mol. The van der Waals surface area contributed by atoms with E-state index in [1.54, 1.807) is 0 Å². The molecule has 0 saturated carbocycles. The van der Waals surface area contributed by atoms with Crippen LogP contribution in [-0.2, 0) is 6.42 Å². The van der Waals surface area contributed by atoms with Crippen LogP contribution in [0.2, 0.25) is 0 Å². The molecule has 0 aliphatic rings. The molecule has 0 amide bonds. The van der Waals surface area contributed by atoms with Crippen molar-refractivity contribution in [2.45, 2.75) is 53.9 Å². The molecule has 0 saturated heterocycles. The van der Waals surface area contributed by atoms with Gasteiger partial charge in [-0.3, -0.25) is 0 Å². The molecule has 0 fully saturated rings. The number of nitrogens with one attached hydrogen (secondary N) is 1. The lowest BCUT2D eigenvalue weighted by atomic mass is 9.92. The second-order valence-electron chi connectivity index (χ2n) is 7.45. The molecule has 1 aromatic heterocycles. The number of hydrogen-bond donors (Lipinski definition) is 2. The SMILES string of the molecule is Cc1cc(C)c(-c2[nH]c3c(C)ccc(C)c3c2CCCCN)c(C)c1. The zero-order valence-electron chi connectivity index (χ0n) is 16.2. The van der Waals surface area contributed by atoms with Crippen molar-refractivity contribution in [3.05, 3.63) is 57.6 Å². The molecule has 2 aromatic carbocycles. The van der Waals surface area contributed by atoms with Gasteiger partial charge in [-0.05, 0) is 88.2 Å². The summed E-state index contributed by atoms with van der Waals surface area (Å²) in [5.74, 6) is 0. The van der Waals surface area contributed by atoms with Gasteiger partial charge in [0.05, 0.1) is 5.69 Å². The van der Waals surface area contributed by atoms with Crippen LogP contribution in [0.4, 0.5) is 0 Å². The van der Waals surface area contributed by atoms with Crippen molar-refractivity contribution in [3.63, 3.8) is 0 Å². The number of H-pyrrole nitrogens is 1. The van der Waals surface area contributed by atoms with Crippen molar-refractivity contribution in [2.75, 3.05) is 6.54 Å². The Hall–Kier alpha value is -2.06. The van der Waals surface area contributed by atoms with Crippen molar-refractivity contribution < 1.29 is 0 Å². The Kier molecular flexibility index (Phi) is 5.01. The van der Waals surface area contributed by atoms with Crippen LogP contribution in [0.15, 0.2) is 24.3 Å². The van der Waals surface area contributed by atoms with Gasteiger partial charge in [0.15, 0.2) is 0 Å². The van der Waals surface area contributed by atoms with E-state index in [1.165, 1.54) is 55.5 Å². The van der Waals surface area contributed by atoms with Crippen LogP contribution in [-0.4, -0.2) is 11.5 Å². The number of benzene rings is 2. The van der Waals surface area contributed by atoms with Gasteiger partial charge < -0.3 is 10.7 Å². The molecule has 0 spiro atoms. The predicted molar refractivity (Wildman–Crippen MR) is 109 cm³/mol. The maximum Gasteiger partial charge on any atom is 0.0502 e. The summed E-state index contributed by atoms with van der Waals surface area (Å²) in [6.07, 6.45) is 3.28. The largest absolute Gasteiger partial charge is 0.354 e. The molecule has 3 N–H and O–H groups in total. The summed E-state index contributed by atoms with van der Waals surface area (Å²) >= 11 is 0. The van der Waals surface area contributed by atoms with E-state index >= 15 is 0 Å². The molecule has 25 heavy (non-hydrogen) atoms. The molecule has 3 aromatic rings. The van der Waals surface area contributed by atoms with E-state index in [1.807, 2.05) is 0 Å². The van der Waals surface area contributed by atoms with Crippen LogP contribution in [0.3, 0.4) is 0 Å². The Morgan fingerprint density at radius 2 is 1.48 bits per heavy atom. The lowest BCUT2D eigenvalue weighted by Gasteiger charge is -2.13. The fourth-order valence-electron chi connectivity index (χ4n) is 4.17. The number of unbranched alkanes of at least 4 members (excludes halogenated alkanes) is 1. The third kappa shape index (κ3) is 3.23. The average molecular weight is 335 g/mol. The molecule has 2 heteroatoms. The minimum Gasteiger partial charge on any atom is -0.354 e. The molecule has 132 valence electrons. The molecule has 0 aliphatic heterocycles. The summed E-state index contributed by atoms with van der Waals surface area (Å²) in [4.78, 5) is 3.79. The summed E-state index contributed by atoms with van der Waals surface area (Å²) in [6, 6.07) is 9.04. The summed E-state index contributed by atoms with van der Waals surface area (Å²) in [6.45, 7) is 11.8.